The first-order chi connectivity index (χ1) is 7.52. The molecule has 2 aliphatic carbocycles. The molecule has 16 heavy (non-hydrogen) atoms. The van der Waals surface area contributed by atoms with Gasteiger partial charge in [-0.2, -0.15) is 8.42 Å². The van der Waals surface area contributed by atoms with Gasteiger partial charge in [-0.25, -0.2) is 0 Å². The molecule has 2 saturated carbocycles. The van der Waals surface area contributed by atoms with E-state index in [1.807, 2.05) is 0 Å². The van der Waals surface area contributed by atoms with Crippen molar-refractivity contribution in [1.82, 2.24) is 0 Å². The Hall–Kier alpha value is -0.170. The maximum absolute atomic E-state index is 10.9. The van der Waals surface area contributed by atoms with Gasteiger partial charge in [0, 0.05) is 12.3 Å². The SMILES string of the molecule is CS(=O)(=O)OCC1C2CCC3(OCCO3)C21. The van der Waals surface area contributed by atoms with Gasteiger partial charge in [-0.3, -0.25) is 4.18 Å². The maximum atomic E-state index is 10.9. The first-order valence-corrected chi connectivity index (χ1v) is 7.46. The molecular weight excluding hydrogens is 232 g/mol. The molecule has 1 aliphatic heterocycles. The van der Waals surface area contributed by atoms with E-state index in [0.29, 0.717) is 31.0 Å². The fraction of sp³-hybridized carbons (Fsp3) is 1.00. The molecule has 3 unspecified atom stereocenters. The molecule has 0 bridgehead atoms. The normalized spacial score (nSPS) is 40.2. The van der Waals surface area contributed by atoms with Gasteiger partial charge >= 0.3 is 0 Å². The van der Waals surface area contributed by atoms with Crippen molar-refractivity contribution in [2.45, 2.75) is 18.6 Å². The van der Waals surface area contributed by atoms with Gasteiger partial charge in [0.25, 0.3) is 10.1 Å². The van der Waals surface area contributed by atoms with E-state index < -0.39 is 15.9 Å². The number of rotatable bonds is 3. The molecule has 0 aromatic heterocycles. The number of hydrogen-bond donors (Lipinski definition) is 0. The summed E-state index contributed by atoms with van der Waals surface area (Å²) in [6.07, 6.45) is 3.09. The summed E-state index contributed by atoms with van der Waals surface area (Å²) in [7, 11) is -3.33. The van der Waals surface area contributed by atoms with Crippen molar-refractivity contribution in [2.24, 2.45) is 17.8 Å². The van der Waals surface area contributed by atoms with Crippen molar-refractivity contribution in [3.63, 3.8) is 0 Å². The first kappa shape index (κ1) is 11.0. The summed E-state index contributed by atoms with van der Waals surface area (Å²) in [5, 5.41) is 0. The molecule has 3 atom stereocenters. The predicted molar refractivity (Wildman–Crippen MR) is 55.1 cm³/mol. The zero-order valence-electron chi connectivity index (χ0n) is 9.22. The fourth-order valence-corrected chi connectivity index (χ4v) is 3.67. The highest BCUT2D eigenvalue weighted by atomic mass is 32.2. The van der Waals surface area contributed by atoms with E-state index in [-0.39, 0.29) is 6.61 Å². The molecule has 3 rings (SSSR count). The summed E-state index contributed by atoms with van der Waals surface area (Å²) in [6.45, 7) is 1.59. The molecule has 6 heteroatoms. The Bertz CT molecular complexity index is 379. The van der Waals surface area contributed by atoms with Crippen molar-refractivity contribution in [3.8, 4) is 0 Å². The van der Waals surface area contributed by atoms with Crippen LogP contribution in [0.3, 0.4) is 0 Å². The van der Waals surface area contributed by atoms with Gasteiger partial charge in [0.1, 0.15) is 0 Å². The van der Waals surface area contributed by atoms with Crippen LogP contribution in [0.25, 0.3) is 0 Å². The lowest BCUT2D eigenvalue weighted by atomic mass is 10.1. The molecule has 92 valence electrons. The van der Waals surface area contributed by atoms with E-state index in [1.165, 1.54) is 0 Å². The smallest absolute Gasteiger partial charge is 0.264 e. The van der Waals surface area contributed by atoms with E-state index in [2.05, 4.69) is 0 Å². The highest BCUT2D eigenvalue weighted by Gasteiger charge is 2.68. The molecule has 0 amide bonds. The summed E-state index contributed by atoms with van der Waals surface area (Å²) in [6, 6.07) is 0. The third-order valence-corrected chi connectivity index (χ3v) is 4.48. The highest BCUT2D eigenvalue weighted by molar-refractivity contribution is 7.85. The van der Waals surface area contributed by atoms with Crippen LogP contribution in [0.15, 0.2) is 0 Å². The molecule has 0 aromatic carbocycles. The number of fused-ring (bicyclic) bond motifs is 2. The van der Waals surface area contributed by atoms with Gasteiger partial charge in [-0.1, -0.05) is 0 Å². The quantitative estimate of drug-likeness (QED) is 0.675. The van der Waals surface area contributed by atoms with Gasteiger partial charge in [0.05, 0.1) is 26.1 Å². The van der Waals surface area contributed by atoms with E-state index in [4.69, 9.17) is 13.7 Å². The van der Waals surface area contributed by atoms with Gasteiger partial charge < -0.3 is 9.47 Å². The topological polar surface area (TPSA) is 61.8 Å². The lowest BCUT2D eigenvalue weighted by molar-refractivity contribution is -0.171. The van der Waals surface area contributed by atoms with Crippen molar-refractivity contribution in [1.29, 1.82) is 0 Å². The average molecular weight is 248 g/mol. The Labute approximate surface area is 95.2 Å². The molecule has 5 nitrogen and oxygen atoms in total. The van der Waals surface area contributed by atoms with Crippen LogP contribution < -0.4 is 0 Å². The first-order valence-electron chi connectivity index (χ1n) is 5.64. The Morgan fingerprint density at radius 3 is 2.69 bits per heavy atom. The summed E-state index contributed by atoms with van der Waals surface area (Å²) in [5.41, 5.74) is 0. The van der Waals surface area contributed by atoms with Crippen LogP contribution in [0.1, 0.15) is 12.8 Å². The van der Waals surface area contributed by atoms with Crippen LogP contribution in [-0.2, 0) is 23.8 Å². The van der Waals surface area contributed by atoms with Crippen LogP contribution in [-0.4, -0.2) is 40.3 Å². The van der Waals surface area contributed by atoms with E-state index in [9.17, 15) is 8.42 Å². The standard InChI is InChI=1S/C10H16O5S/c1-16(11,12)15-6-8-7-2-3-10(9(7)8)13-4-5-14-10/h7-9H,2-6H2,1H3. The lowest BCUT2D eigenvalue weighted by Gasteiger charge is -2.24. The maximum Gasteiger partial charge on any atom is 0.264 e. The summed E-state index contributed by atoms with van der Waals surface area (Å²) >= 11 is 0. The van der Waals surface area contributed by atoms with E-state index >= 15 is 0 Å². The van der Waals surface area contributed by atoms with Crippen LogP contribution in [0.4, 0.5) is 0 Å². The summed E-state index contributed by atoms with van der Waals surface area (Å²) < 4.78 is 38.1. The zero-order valence-corrected chi connectivity index (χ0v) is 10.0. The molecule has 1 spiro atoms. The summed E-state index contributed by atoms with van der Waals surface area (Å²) in [5.74, 6) is 0.758. The minimum Gasteiger partial charge on any atom is -0.347 e. The molecule has 3 aliphatic rings. The molecule has 0 aromatic rings. The van der Waals surface area contributed by atoms with Crippen molar-refractivity contribution in [2.75, 3.05) is 26.1 Å². The zero-order chi connectivity index (χ0) is 11.4. The Kier molecular flexibility index (Phi) is 2.34. The number of hydrogen-bond acceptors (Lipinski definition) is 5. The predicted octanol–water partition coefficient (Wildman–Crippen LogP) is 0.362. The van der Waals surface area contributed by atoms with Crippen LogP contribution in [0, 0.1) is 17.8 Å². The third kappa shape index (κ3) is 1.68. The minimum absolute atomic E-state index is 0.280. The second-order valence-electron chi connectivity index (χ2n) is 4.89. The van der Waals surface area contributed by atoms with Crippen LogP contribution in [0.2, 0.25) is 0 Å². The molecular formula is C10H16O5S. The molecule has 1 saturated heterocycles. The van der Waals surface area contributed by atoms with Gasteiger partial charge in [0.2, 0.25) is 0 Å². The van der Waals surface area contributed by atoms with Crippen molar-refractivity contribution in [3.05, 3.63) is 0 Å². The van der Waals surface area contributed by atoms with Gasteiger partial charge in [-0.15, -0.1) is 0 Å². The monoisotopic (exact) mass is 248 g/mol. The Balaban J connectivity index is 1.62. The van der Waals surface area contributed by atoms with Crippen LogP contribution >= 0.6 is 0 Å². The third-order valence-electron chi connectivity index (χ3n) is 3.92. The van der Waals surface area contributed by atoms with Gasteiger partial charge in [-0.05, 0) is 18.3 Å². The second kappa shape index (κ2) is 3.41. The van der Waals surface area contributed by atoms with E-state index in [1.54, 1.807) is 0 Å². The summed E-state index contributed by atoms with van der Waals surface area (Å²) in [4.78, 5) is 0. The largest absolute Gasteiger partial charge is 0.347 e. The molecule has 1 heterocycles. The fourth-order valence-electron chi connectivity index (χ4n) is 3.26. The van der Waals surface area contributed by atoms with E-state index in [0.717, 1.165) is 19.1 Å². The average Bonchev–Trinajstić information content (AvgIpc) is 2.58. The molecule has 0 N–H and O–H groups in total. The lowest BCUT2D eigenvalue weighted by Crippen LogP contribution is -2.32. The Morgan fingerprint density at radius 2 is 2.06 bits per heavy atom. The van der Waals surface area contributed by atoms with Crippen molar-refractivity contribution < 1.29 is 22.1 Å². The second-order valence-corrected chi connectivity index (χ2v) is 6.53. The Morgan fingerprint density at radius 1 is 1.38 bits per heavy atom. The highest BCUT2D eigenvalue weighted by Crippen LogP contribution is 2.64. The van der Waals surface area contributed by atoms with Gasteiger partial charge in [0.15, 0.2) is 5.79 Å². The molecule has 0 radical (unpaired) electrons. The number of ether oxygens (including phenoxy) is 2. The van der Waals surface area contributed by atoms with Crippen molar-refractivity contribution >= 4 is 10.1 Å². The molecule has 3 fully saturated rings. The van der Waals surface area contributed by atoms with Crippen LogP contribution in [0.5, 0.6) is 0 Å². The minimum atomic E-state index is -3.33.